The second-order valence-corrected chi connectivity index (χ2v) is 6.14. The molecule has 9 heteroatoms. The van der Waals surface area contributed by atoms with E-state index in [1.807, 2.05) is 18.2 Å². The molecule has 9 nitrogen and oxygen atoms in total. The van der Waals surface area contributed by atoms with Gasteiger partial charge in [-0.3, -0.25) is 10.1 Å². The molecule has 28 heavy (non-hydrogen) atoms. The Morgan fingerprint density at radius 3 is 2.64 bits per heavy atom. The summed E-state index contributed by atoms with van der Waals surface area (Å²) in [6.07, 6.45) is 0.824. The van der Waals surface area contributed by atoms with Crippen LogP contribution in [0.1, 0.15) is 5.56 Å². The summed E-state index contributed by atoms with van der Waals surface area (Å²) in [7, 11) is 0. The van der Waals surface area contributed by atoms with E-state index in [4.69, 9.17) is 0 Å². The van der Waals surface area contributed by atoms with Gasteiger partial charge >= 0.3 is 5.69 Å². The molecule has 2 aromatic heterocycles. The first-order valence-electron chi connectivity index (χ1n) is 8.70. The molecule has 0 fully saturated rings. The molecule has 0 unspecified atom stereocenters. The van der Waals surface area contributed by atoms with Crippen LogP contribution in [0.3, 0.4) is 0 Å². The Bertz CT molecular complexity index is 1110. The topological polar surface area (TPSA) is 122 Å². The first-order valence-corrected chi connectivity index (χ1v) is 8.70. The summed E-state index contributed by atoms with van der Waals surface area (Å²) in [5.41, 5.74) is 3.11. The molecule has 0 saturated carbocycles. The van der Waals surface area contributed by atoms with E-state index in [1.54, 1.807) is 24.3 Å². The van der Waals surface area contributed by atoms with Crippen LogP contribution in [0.2, 0.25) is 0 Å². The highest BCUT2D eigenvalue weighted by Gasteiger charge is 2.16. The van der Waals surface area contributed by atoms with Crippen LogP contribution in [-0.4, -0.2) is 31.9 Å². The first kappa shape index (κ1) is 17.4. The van der Waals surface area contributed by atoms with Crippen LogP contribution < -0.4 is 10.6 Å². The summed E-state index contributed by atoms with van der Waals surface area (Å²) in [5, 5.41) is 28.1. The van der Waals surface area contributed by atoms with Gasteiger partial charge < -0.3 is 10.6 Å². The van der Waals surface area contributed by atoms with Crippen molar-refractivity contribution in [2.24, 2.45) is 0 Å². The number of aromatic nitrogens is 4. The average Bonchev–Trinajstić information content (AvgIpc) is 3.17. The van der Waals surface area contributed by atoms with Crippen LogP contribution in [0.15, 0.2) is 60.7 Å². The van der Waals surface area contributed by atoms with Crippen molar-refractivity contribution in [3.63, 3.8) is 0 Å². The Hall–Kier alpha value is -4.01. The number of pyridine rings is 1. The zero-order valence-electron chi connectivity index (χ0n) is 14.8. The highest BCUT2D eigenvalue weighted by Crippen LogP contribution is 2.28. The maximum atomic E-state index is 11.4. The van der Waals surface area contributed by atoms with Crippen molar-refractivity contribution in [3.05, 3.63) is 76.3 Å². The molecule has 4 rings (SSSR count). The van der Waals surface area contributed by atoms with E-state index < -0.39 is 4.92 Å². The lowest BCUT2D eigenvalue weighted by Gasteiger charge is -2.10. The minimum atomic E-state index is -0.461. The van der Waals surface area contributed by atoms with E-state index in [1.165, 1.54) is 11.6 Å². The number of fused-ring (bicyclic) bond motifs is 1. The monoisotopic (exact) mass is 375 g/mol. The van der Waals surface area contributed by atoms with Gasteiger partial charge in [0.15, 0.2) is 0 Å². The minimum Gasteiger partial charge on any atom is -0.370 e. The normalized spacial score (nSPS) is 10.7. The number of benzene rings is 2. The summed E-state index contributed by atoms with van der Waals surface area (Å²) in [6.45, 7) is 0.666. The van der Waals surface area contributed by atoms with E-state index in [2.05, 4.69) is 43.2 Å². The van der Waals surface area contributed by atoms with Gasteiger partial charge in [0, 0.05) is 18.3 Å². The predicted molar refractivity (Wildman–Crippen MR) is 107 cm³/mol. The highest BCUT2D eigenvalue weighted by molar-refractivity contribution is 5.80. The standard InChI is InChI=1S/C19H17N7O2/c27-26(28)17-8-9-18(20-11-10-13-4-2-1-3-5-13)22-19(17)21-14-6-7-15-16(12-14)24-25-23-15/h1-9,12H,10-11H2,(H2,20,21,22)(H,23,24,25). The van der Waals surface area contributed by atoms with Gasteiger partial charge in [0.05, 0.1) is 4.92 Å². The lowest BCUT2D eigenvalue weighted by Crippen LogP contribution is -2.08. The molecule has 0 spiro atoms. The number of rotatable bonds is 7. The van der Waals surface area contributed by atoms with Gasteiger partial charge in [-0.25, -0.2) is 4.98 Å². The van der Waals surface area contributed by atoms with Crippen molar-refractivity contribution < 1.29 is 4.92 Å². The molecule has 0 radical (unpaired) electrons. The molecule has 3 N–H and O–H groups in total. The van der Waals surface area contributed by atoms with Crippen LogP contribution in [0, 0.1) is 10.1 Å². The lowest BCUT2D eigenvalue weighted by molar-refractivity contribution is -0.384. The Kier molecular flexibility index (Phi) is 4.79. The van der Waals surface area contributed by atoms with Crippen LogP contribution in [0.25, 0.3) is 11.0 Å². The molecule has 0 amide bonds. The van der Waals surface area contributed by atoms with E-state index in [9.17, 15) is 10.1 Å². The van der Waals surface area contributed by atoms with Gasteiger partial charge in [0.25, 0.3) is 0 Å². The number of nitrogens with one attached hydrogen (secondary N) is 3. The van der Waals surface area contributed by atoms with E-state index in [-0.39, 0.29) is 11.5 Å². The van der Waals surface area contributed by atoms with Gasteiger partial charge in [-0.2, -0.15) is 15.4 Å². The van der Waals surface area contributed by atoms with Crippen molar-refractivity contribution in [2.75, 3.05) is 17.2 Å². The fraction of sp³-hybridized carbons (Fsp3) is 0.105. The van der Waals surface area contributed by atoms with Crippen molar-refractivity contribution in [1.29, 1.82) is 0 Å². The Balaban J connectivity index is 1.52. The third kappa shape index (κ3) is 3.88. The Morgan fingerprint density at radius 2 is 1.82 bits per heavy atom. The molecule has 0 aliphatic carbocycles. The smallest absolute Gasteiger partial charge is 0.311 e. The minimum absolute atomic E-state index is 0.103. The second kappa shape index (κ2) is 7.70. The second-order valence-electron chi connectivity index (χ2n) is 6.14. The number of H-pyrrole nitrogens is 1. The van der Waals surface area contributed by atoms with Crippen LogP contribution in [0.5, 0.6) is 0 Å². The van der Waals surface area contributed by atoms with Crippen LogP contribution >= 0.6 is 0 Å². The molecular weight excluding hydrogens is 358 g/mol. The Morgan fingerprint density at radius 1 is 1.00 bits per heavy atom. The van der Waals surface area contributed by atoms with Gasteiger partial charge in [0.1, 0.15) is 16.9 Å². The van der Waals surface area contributed by atoms with E-state index in [0.29, 0.717) is 29.1 Å². The highest BCUT2D eigenvalue weighted by atomic mass is 16.6. The largest absolute Gasteiger partial charge is 0.370 e. The van der Waals surface area contributed by atoms with Gasteiger partial charge in [0.2, 0.25) is 5.82 Å². The molecule has 0 saturated heterocycles. The number of aromatic amines is 1. The summed E-state index contributed by atoms with van der Waals surface area (Å²) in [6, 6.07) is 18.4. The fourth-order valence-corrected chi connectivity index (χ4v) is 2.82. The van der Waals surface area contributed by atoms with Crippen molar-refractivity contribution >= 4 is 34.0 Å². The zero-order chi connectivity index (χ0) is 19.3. The summed E-state index contributed by atoms with van der Waals surface area (Å²) in [4.78, 5) is 15.3. The molecule has 2 aromatic carbocycles. The average molecular weight is 375 g/mol. The number of hydrogen-bond acceptors (Lipinski definition) is 7. The fourth-order valence-electron chi connectivity index (χ4n) is 2.82. The molecule has 0 atom stereocenters. The van der Waals surface area contributed by atoms with Gasteiger partial charge in [-0.05, 0) is 36.2 Å². The summed E-state index contributed by atoms with van der Waals surface area (Å²) < 4.78 is 0. The third-order valence-corrected chi connectivity index (χ3v) is 4.21. The van der Waals surface area contributed by atoms with Crippen molar-refractivity contribution in [1.82, 2.24) is 20.4 Å². The SMILES string of the molecule is O=[N+]([O-])c1ccc(NCCc2ccccc2)nc1Nc1ccc2n[nH]nc2c1. The van der Waals surface area contributed by atoms with Crippen molar-refractivity contribution in [3.8, 4) is 0 Å². The number of nitro groups is 1. The number of hydrogen-bond donors (Lipinski definition) is 3. The van der Waals surface area contributed by atoms with E-state index in [0.717, 1.165) is 6.42 Å². The molecule has 4 aromatic rings. The van der Waals surface area contributed by atoms with Gasteiger partial charge in [-0.15, -0.1) is 0 Å². The molecule has 0 aliphatic heterocycles. The number of nitrogens with zero attached hydrogens (tertiary/aromatic N) is 4. The summed E-state index contributed by atoms with van der Waals surface area (Å²) in [5.74, 6) is 0.726. The molecule has 0 bridgehead atoms. The van der Waals surface area contributed by atoms with E-state index >= 15 is 0 Å². The maximum Gasteiger partial charge on any atom is 0.311 e. The lowest BCUT2D eigenvalue weighted by atomic mass is 10.1. The quantitative estimate of drug-likeness (QED) is 0.333. The zero-order valence-corrected chi connectivity index (χ0v) is 14.8. The molecule has 140 valence electrons. The first-order chi connectivity index (χ1) is 13.7. The molecule has 2 heterocycles. The molecular formula is C19H17N7O2. The van der Waals surface area contributed by atoms with Crippen LogP contribution in [0.4, 0.5) is 23.0 Å². The maximum absolute atomic E-state index is 11.4. The predicted octanol–water partition coefficient (Wildman–Crippen LogP) is 3.66. The third-order valence-electron chi connectivity index (χ3n) is 4.21. The summed E-state index contributed by atoms with van der Waals surface area (Å²) >= 11 is 0. The van der Waals surface area contributed by atoms with Gasteiger partial charge in [-0.1, -0.05) is 30.3 Å². The molecule has 0 aliphatic rings. The van der Waals surface area contributed by atoms with Crippen LogP contribution in [-0.2, 0) is 6.42 Å². The number of anilines is 3. The van der Waals surface area contributed by atoms with Crippen molar-refractivity contribution in [2.45, 2.75) is 6.42 Å². The Labute approximate surface area is 160 Å².